The zero-order chi connectivity index (χ0) is 27.2. The number of hydrogen-bond donors (Lipinski definition) is 0. The van der Waals surface area contributed by atoms with E-state index in [1.165, 1.54) is 4.90 Å². The Bertz CT molecular complexity index is 950. The summed E-state index contributed by atoms with van der Waals surface area (Å²) in [5.74, 6) is -0.247. The summed E-state index contributed by atoms with van der Waals surface area (Å²) < 4.78 is 0. The molecule has 1 unspecified atom stereocenters. The van der Waals surface area contributed by atoms with E-state index in [0.717, 1.165) is 37.9 Å². The Labute approximate surface area is 228 Å². The van der Waals surface area contributed by atoms with Crippen molar-refractivity contribution in [2.24, 2.45) is 23.7 Å². The largest absolute Gasteiger partial charge is 0.336 e. The second-order valence-electron chi connectivity index (χ2n) is 11.1. The summed E-state index contributed by atoms with van der Waals surface area (Å²) in [5.41, 5.74) is 0. The van der Waals surface area contributed by atoms with E-state index < -0.39 is 23.7 Å². The van der Waals surface area contributed by atoms with Gasteiger partial charge in [0.05, 0.1) is 11.2 Å². The molecule has 4 rings (SSSR count). The third kappa shape index (κ3) is 6.93. The molecule has 0 spiro atoms. The van der Waals surface area contributed by atoms with E-state index in [1.807, 2.05) is 0 Å². The molecule has 0 aromatic carbocycles. The molecule has 208 valence electrons. The number of rotatable bonds is 11. The molecule has 2 aliphatic carbocycles. The first-order valence-electron chi connectivity index (χ1n) is 13.9. The van der Waals surface area contributed by atoms with Crippen molar-refractivity contribution in [1.29, 1.82) is 0 Å². The van der Waals surface area contributed by atoms with Gasteiger partial charge in [-0.25, -0.2) is 4.79 Å². The summed E-state index contributed by atoms with van der Waals surface area (Å²) in [5, 5.41) is 0.250. The van der Waals surface area contributed by atoms with Crippen LogP contribution in [0, 0.1) is 23.7 Å². The minimum absolute atomic E-state index is 0.0641. The molecular weight excluding hydrogens is 508 g/mol. The van der Waals surface area contributed by atoms with Gasteiger partial charge >= 0.3 is 5.97 Å². The molecular formula is C28H38N2O7S. The monoisotopic (exact) mass is 546 g/mol. The van der Waals surface area contributed by atoms with Gasteiger partial charge in [0.25, 0.3) is 11.8 Å². The zero-order valence-electron chi connectivity index (χ0n) is 21.9. The number of hydrogen-bond acceptors (Lipinski definition) is 8. The third-order valence-electron chi connectivity index (χ3n) is 8.44. The fraction of sp³-hybridized carbons (Fsp3) is 0.714. The van der Waals surface area contributed by atoms with E-state index in [4.69, 9.17) is 4.84 Å². The average molecular weight is 547 g/mol. The minimum Gasteiger partial charge on any atom is -0.330 e. The van der Waals surface area contributed by atoms with Gasteiger partial charge < -0.3 is 4.84 Å². The molecule has 0 aromatic heterocycles. The van der Waals surface area contributed by atoms with Crippen LogP contribution in [-0.2, 0) is 33.6 Å². The standard InChI is InChI=1S/C28H38N2O7S/c1-2-3-4-22(31)20-9-7-19(8-10-20)17-38-23-15-26(34)29(27(23)35)16-18-5-11-21(12-6-18)28(36)37-30-24(32)13-14-25(30)33/h2,18-21,23H,1,3-17H2. The highest BCUT2D eigenvalue weighted by atomic mass is 32.2. The Morgan fingerprint density at radius 1 is 0.868 bits per heavy atom. The van der Waals surface area contributed by atoms with Crippen molar-refractivity contribution in [3.05, 3.63) is 12.7 Å². The number of amides is 4. The molecule has 0 bridgehead atoms. The van der Waals surface area contributed by atoms with E-state index in [-0.39, 0.29) is 48.2 Å². The second-order valence-corrected chi connectivity index (χ2v) is 12.3. The maximum absolute atomic E-state index is 13.0. The van der Waals surface area contributed by atoms with Gasteiger partial charge in [-0.3, -0.25) is 28.9 Å². The number of imide groups is 2. The van der Waals surface area contributed by atoms with Crippen LogP contribution in [0.4, 0.5) is 0 Å². The Kier molecular flexibility index (Phi) is 9.79. The number of Topliss-reactive ketones (excluding diaryl/α,β-unsaturated/α-hetero) is 1. The Hall–Kier alpha value is -2.49. The summed E-state index contributed by atoms with van der Waals surface area (Å²) in [7, 11) is 0. The molecule has 10 heteroatoms. The predicted octanol–water partition coefficient (Wildman–Crippen LogP) is 3.60. The van der Waals surface area contributed by atoms with Crippen molar-refractivity contribution >= 4 is 47.1 Å². The number of likely N-dealkylation sites (tertiary alicyclic amines) is 1. The molecule has 4 aliphatic rings. The van der Waals surface area contributed by atoms with Crippen LogP contribution in [0.15, 0.2) is 12.7 Å². The molecule has 0 radical (unpaired) electrons. The molecule has 2 aliphatic heterocycles. The van der Waals surface area contributed by atoms with Crippen LogP contribution >= 0.6 is 11.8 Å². The van der Waals surface area contributed by atoms with Crippen molar-refractivity contribution in [2.75, 3.05) is 12.3 Å². The van der Waals surface area contributed by atoms with E-state index in [9.17, 15) is 28.8 Å². The molecule has 0 aromatic rings. The average Bonchev–Trinajstić information content (AvgIpc) is 3.38. The molecule has 1 atom stereocenters. The molecule has 2 heterocycles. The number of carbonyl (C=O) groups excluding carboxylic acids is 6. The number of ketones is 1. The maximum atomic E-state index is 13.0. The van der Waals surface area contributed by atoms with Crippen molar-refractivity contribution < 1.29 is 33.6 Å². The lowest BCUT2D eigenvalue weighted by molar-refractivity contribution is -0.201. The second kappa shape index (κ2) is 13.0. The highest BCUT2D eigenvalue weighted by molar-refractivity contribution is 8.00. The van der Waals surface area contributed by atoms with Gasteiger partial charge in [0.1, 0.15) is 5.78 Å². The van der Waals surface area contributed by atoms with Gasteiger partial charge in [-0.05, 0) is 75.4 Å². The quantitative estimate of drug-likeness (QED) is 0.285. The van der Waals surface area contributed by atoms with Crippen LogP contribution in [-0.4, -0.2) is 62.9 Å². The van der Waals surface area contributed by atoms with E-state index >= 15 is 0 Å². The number of hydroxylamine groups is 2. The number of allylic oxidation sites excluding steroid dienone is 1. The van der Waals surface area contributed by atoms with Crippen molar-refractivity contribution in [2.45, 2.75) is 88.7 Å². The summed E-state index contributed by atoms with van der Waals surface area (Å²) >= 11 is 1.58. The first kappa shape index (κ1) is 28.5. The molecule has 0 N–H and O–H groups in total. The summed E-state index contributed by atoms with van der Waals surface area (Å²) in [6, 6.07) is 0. The fourth-order valence-corrected chi connectivity index (χ4v) is 7.36. The fourth-order valence-electron chi connectivity index (χ4n) is 5.99. The summed E-state index contributed by atoms with van der Waals surface area (Å²) in [6.07, 6.45) is 9.67. The van der Waals surface area contributed by atoms with Gasteiger partial charge in [-0.15, -0.1) is 23.4 Å². The van der Waals surface area contributed by atoms with Crippen LogP contribution in [0.5, 0.6) is 0 Å². The van der Waals surface area contributed by atoms with Gasteiger partial charge in [-0.2, -0.15) is 0 Å². The highest BCUT2D eigenvalue weighted by Gasteiger charge is 2.41. The lowest BCUT2D eigenvalue weighted by Crippen LogP contribution is -2.39. The molecule has 4 amide bonds. The van der Waals surface area contributed by atoms with Crippen LogP contribution in [0.2, 0.25) is 0 Å². The van der Waals surface area contributed by atoms with E-state index in [2.05, 4.69) is 6.58 Å². The first-order valence-corrected chi connectivity index (χ1v) is 15.0. The Balaban J connectivity index is 1.16. The van der Waals surface area contributed by atoms with Gasteiger partial charge in [0.15, 0.2) is 0 Å². The predicted molar refractivity (Wildman–Crippen MR) is 140 cm³/mol. The number of carbonyl (C=O) groups is 6. The Morgan fingerprint density at radius 2 is 1.47 bits per heavy atom. The van der Waals surface area contributed by atoms with Crippen LogP contribution in [0.3, 0.4) is 0 Å². The molecule has 4 fully saturated rings. The van der Waals surface area contributed by atoms with Crippen molar-refractivity contribution in [3.8, 4) is 0 Å². The van der Waals surface area contributed by atoms with Crippen molar-refractivity contribution in [1.82, 2.24) is 9.96 Å². The normalized spacial score (nSPS) is 30.2. The van der Waals surface area contributed by atoms with Crippen LogP contribution < -0.4 is 0 Å². The SMILES string of the molecule is C=CCCC(=O)C1CCC(CSC2CC(=O)N(CC3CCC(C(=O)ON4C(=O)CCC4=O)CC3)C2=O)CC1. The van der Waals surface area contributed by atoms with Gasteiger partial charge in [-0.1, -0.05) is 6.08 Å². The number of nitrogens with zero attached hydrogens (tertiary/aromatic N) is 2. The smallest absolute Gasteiger partial charge is 0.330 e. The van der Waals surface area contributed by atoms with Crippen molar-refractivity contribution in [3.63, 3.8) is 0 Å². The minimum atomic E-state index is -0.563. The molecule has 2 saturated carbocycles. The topological polar surface area (TPSA) is 118 Å². The van der Waals surface area contributed by atoms with E-state index in [0.29, 0.717) is 55.4 Å². The molecule has 38 heavy (non-hydrogen) atoms. The third-order valence-corrected chi connectivity index (χ3v) is 9.88. The van der Waals surface area contributed by atoms with Gasteiger partial charge in [0, 0.05) is 38.1 Å². The van der Waals surface area contributed by atoms with Crippen LogP contribution in [0.25, 0.3) is 0 Å². The zero-order valence-corrected chi connectivity index (χ0v) is 22.8. The maximum Gasteiger partial charge on any atom is 0.336 e. The summed E-state index contributed by atoms with van der Waals surface area (Å²) in [6.45, 7) is 4.06. The van der Waals surface area contributed by atoms with E-state index in [1.54, 1.807) is 17.8 Å². The first-order chi connectivity index (χ1) is 18.3. The molecule has 9 nitrogen and oxygen atoms in total. The van der Waals surface area contributed by atoms with Crippen LogP contribution in [0.1, 0.15) is 83.5 Å². The number of thioether (sulfide) groups is 1. The highest BCUT2D eigenvalue weighted by Crippen LogP contribution is 2.36. The lowest BCUT2D eigenvalue weighted by atomic mass is 9.80. The molecule has 2 saturated heterocycles. The Morgan fingerprint density at radius 3 is 2.11 bits per heavy atom. The summed E-state index contributed by atoms with van der Waals surface area (Å²) in [4.78, 5) is 80.2. The lowest BCUT2D eigenvalue weighted by Gasteiger charge is -2.30. The van der Waals surface area contributed by atoms with Gasteiger partial charge in [0.2, 0.25) is 11.8 Å².